The number of aryl methyl sites for hydroxylation is 1. The second-order valence-electron chi connectivity index (χ2n) is 7.43. The summed E-state index contributed by atoms with van der Waals surface area (Å²) < 4.78 is 59.1. The zero-order chi connectivity index (χ0) is 23.2. The number of amides is 1. The predicted octanol–water partition coefficient (Wildman–Crippen LogP) is 5.62. The number of halogens is 4. The summed E-state index contributed by atoms with van der Waals surface area (Å²) in [6, 6.07) is 8.81. The molecule has 166 valence electrons. The van der Waals surface area contributed by atoms with Crippen molar-refractivity contribution in [3.05, 3.63) is 76.7 Å². The maximum absolute atomic E-state index is 13.7. The molecule has 0 fully saturated rings. The molecule has 0 aliphatic carbocycles. The number of alkyl halides is 3. The first kappa shape index (κ1) is 21.6. The van der Waals surface area contributed by atoms with Crippen molar-refractivity contribution in [1.82, 2.24) is 4.98 Å². The van der Waals surface area contributed by atoms with Crippen molar-refractivity contribution in [1.29, 1.82) is 0 Å². The van der Waals surface area contributed by atoms with E-state index in [4.69, 9.17) is 4.74 Å². The lowest BCUT2D eigenvalue weighted by Crippen LogP contribution is -2.45. The van der Waals surface area contributed by atoms with Gasteiger partial charge in [0.2, 0.25) is 5.88 Å². The van der Waals surface area contributed by atoms with Gasteiger partial charge in [0, 0.05) is 17.4 Å². The van der Waals surface area contributed by atoms with Crippen LogP contribution in [0.2, 0.25) is 0 Å². The zero-order valence-corrected chi connectivity index (χ0v) is 17.5. The lowest BCUT2D eigenvalue weighted by Gasteiger charge is -2.39. The van der Waals surface area contributed by atoms with Crippen LogP contribution in [0.1, 0.15) is 27.0 Å². The average molecular weight is 445 g/mol. The highest BCUT2D eigenvalue weighted by Crippen LogP contribution is 2.41. The van der Waals surface area contributed by atoms with Crippen LogP contribution < -0.4 is 14.5 Å². The molecule has 0 bridgehead atoms. The Morgan fingerprint density at radius 3 is 2.34 bits per heavy atom. The molecule has 32 heavy (non-hydrogen) atoms. The second-order valence-corrected chi connectivity index (χ2v) is 7.43. The number of anilines is 3. The van der Waals surface area contributed by atoms with Crippen molar-refractivity contribution < 1.29 is 27.1 Å². The molecule has 1 aliphatic heterocycles. The van der Waals surface area contributed by atoms with E-state index in [1.807, 2.05) is 0 Å². The molecule has 4 rings (SSSR count). The van der Waals surface area contributed by atoms with Crippen LogP contribution in [0.15, 0.2) is 48.7 Å². The minimum atomic E-state index is -4.61. The Balaban J connectivity index is 1.92. The normalized spacial score (nSPS) is 13.9. The molecule has 0 unspecified atom stereocenters. The van der Waals surface area contributed by atoms with Gasteiger partial charge in [-0.25, -0.2) is 9.37 Å². The number of rotatable bonds is 3. The first-order chi connectivity index (χ1) is 15.1. The number of fused-ring (bicyclic) bond motifs is 1. The molecule has 3 aromatic rings. The van der Waals surface area contributed by atoms with Gasteiger partial charge < -0.3 is 9.64 Å². The minimum Gasteiger partial charge on any atom is -0.481 e. The van der Waals surface area contributed by atoms with Gasteiger partial charge in [0.15, 0.2) is 0 Å². The number of hydrogen-bond acceptors (Lipinski definition) is 4. The molecule has 0 radical (unpaired) electrons. The van der Waals surface area contributed by atoms with E-state index < -0.39 is 23.5 Å². The van der Waals surface area contributed by atoms with Crippen molar-refractivity contribution >= 4 is 23.0 Å². The van der Waals surface area contributed by atoms with Gasteiger partial charge in [-0.05, 0) is 61.9 Å². The van der Waals surface area contributed by atoms with Gasteiger partial charge in [0.25, 0.3) is 5.91 Å². The predicted molar refractivity (Wildman–Crippen MR) is 112 cm³/mol. The third-order valence-corrected chi connectivity index (χ3v) is 5.44. The third kappa shape index (κ3) is 3.63. The number of ether oxygens (including phenoxy) is 1. The van der Waals surface area contributed by atoms with Gasteiger partial charge in [0.1, 0.15) is 12.5 Å². The van der Waals surface area contributed by atoms with Crippen LogP contribution in [-0.2, 0) is 6.18 Å². The average Bonchev–Trinajstić information content (AvgIpc) is 2.74. The first-order valence-corrected chi connectivity index (χ1v) is 9.68. The van der Waals surface area contributed by atoms with Crippen LogP contribution in [0.3, 0.4) is 0 Å². The fourth-order valence-electron chi connectivity index (χ4n) is 3.86. The number of nitrogens with zero attached hydrogens (tertiary/aromatic N) is 3. The Kier molecular flexibility index (Phi) is 5.28. The van der Waals surface area contributed by atoms with E-state index in [-0.39, 0.29) is 12.2 Å². The number of pyridine rings is 1. The number of hydrogen-bond donors (Lipinski definition) is 0. The highest BCUT2D eigenvalue weighted by atomic mass is 19.4. The summed E-state index contributed by atoms with van der Waals surface area (Å²) in [6.45, 7) is 3.42. The molecular weight excluding hydrogens is 426 g/mol. The number of carbonyl (C=O) groups is 1. The zero-order valence-electron chi connectivity index (χ0n) is 17.5. The number of aromatic nitrogens is 1. The van der Waals surface area contributed by atoms with Crippen LogP contribution in [0.25, 0.3) is 0 Å². The van der Waals surface area contributed by atoms with E-state index in [0.29, 0.717) is 34.1 Å². The topological polar surface area (TPSA) is 45.7 Å². The summed E-state index contributed by atoms with van der Waals surface area (Å²) in [6.07, 6.45) is -3.15. The fraction of sp³-hybridized carbons (Fsp3) is 0.217. The monoisotopic (exact) mass is 445 g/mol. The number of carbonyl (C=O) groups excluding carboxylic acids is 1. The molecule has 0 N–H and O–H groups in total. The summed E-state index contributed by atoms with van der Waals surface area (Å²) in [4.78, 5) is 20.5. The molecule has 1 amide bonds. The van der Waals surface area contributed by atoms with Gasteiger partial charge >= 0.3 is 6.18 Å². The van der Waals surface area contributed by atoms with E-state index in [0.717, 1.165) is 12.1 Å². The van der Waals surface area contributed by atoms with Crippen molar-refractivity contribution in [2.75, 3.05) is 23.6 Å². The molecule has 5 nitrogen and oxygen atoms in total. The summed E-state index contributed by atoms with van der Waals surface area (Å²) in [5.41, 5.74) is 1.45. The number of methoxy groups -OCH3 is 1. The molecule has 1 aromatic heterocycles. The van der Waals surface area contributed by atoms with Crippen molar-refractivity contribution in [2.45, 2.75) is 20.0 Å². The van der Waals surface area contributed by atoms with Crippen LogP contribution in [0, 0.1) is 19.7 Å². The summed E-state index contributed by atoms with van der Waals surface area (Å²) in [5, 5.41) is 0. The maximum Gasteiger partial charge on any atom is 0.416 e. The van der Waals surface area contributed by atoms with E-state index in [9.17, 15) is 22.4 Å². The Hall–Kier alpha value is -3.62. The molecule has 1 aliphatic rings. The molecule has 0 spiro atoms. The van der Waals surface area contributed by atoms with E-state index in [2.05, 4.69) is 4.98 Å². The van der Waals surface area contributed by atoms with E-state index >= 15 is 0 Å². The van der Waals surface area contributed by atoms with Crippen LogP contribution >= 0.6 is 0 Å². The third-order valence-electron chi connectivity index (χ3n) is 5.44. The Bertz CT molecular complexity index is 1210. The summed E-state index contributed by atoms with van der Waals surface area (Å²) in [5.74, 6) is -0.716. The Morgan fingerprint density at radius 1 is 0.969 bits per heavy atom. The van der Waals surface area contributed by atoms with E-state index in [1.54, 1.807) is 30.9 Å². The molecule has 0 saturated carbocycles. The smallest absolute Gasteiger partial charge is 0.416 e. The van der Waals surface area contributed by atoms with Crippen LogP contribution in [0.4, 0.5) is 34.6 Å². The largest absolute Gasteiger partial charge is 0.481 e. The molecule has 9 heteroatoms. The molecule has 0 saturated heterocycles. The maximum atomic E-state index is 13.7. The van der Waals surface area contributed by atoms with Crippen molar-refractivity contribution in [3.63, 3.8) is 0 Å². The molecule has 0 atom stereocenters. The van der Waals surface area contributed by atoms with Crippen LogP contribution in [-0.4, -0.2) is 24.7 Å². The highest BCUT2D eigenvalue weighted by Gasteiger charge is 2.37. The highest BCUT2D eigenvalue weighted by molar-refractivity contribution is 6.13. The second kappa shape index (κ2) is 7.81. The Labute approximate surface area is 181 Å². The van der Waals surface area contributed by atoms with Crippen molar-refractivity contribution in [2.24, 2.45) is 0 Å². The lowest BCUT2D eigenvalue weighted by atomic mass is 10.0. The SMILES string of the molecule is COc1nccc(N2CN(c3ccc(F)cc3C)c3ccc(C(F)(F)F)cc3C2=O)c1C. The van der Waals surface area contributed by atoms with Gasteiger partial charge in [0.05, 0.1) is 29.6 Å². The lowest BCUT2D eigenvalue weighted by molar-refractivity contribution is -0.137. The quantitative estimate of drug-likeness (QED) is 0.491. The fourth-order valence-corrected chi connectivity index (χ4v) is 3.86. The van der Waals surface area contributed by atoms with Gasteiger partial charge in [-0.15, -0.1) is 0 Å². The van der Waals surface area contributed by atoms with Gasteiger partial charge in [-0.1, -0.05) is 0 Å². The standard InChI is InChI=1S/C23H19F4N3O2/c1-13-10-16(24)5-7-18(13)29-12-30(19-8-9-28-21(32-3)14(19)2)22(31)17-11-15(23(25,26)27)4-6-20(17)29/h4-11H,12H2,1-3H3. The molecule has 2 aromatic carbocycles. The molecular formula is C23H19F4N3O2. The van der Waals surface area contributed by atoms with Crippen molar-refractivity contribution in [3.8, 4) is 5.88 Å². The van der Waals surface area contributed by atoms with Gasteiger partial charge in [-0.2, -0.15) is 13.2 Å². The van der Waals surface area contributed by atoms with E-state index in [1.165, 1.54) is 36.4 Å². The first-order valence-electron chi connectivity index (χ1n) is 9.68. The number of benzene rings is 2. The summed E-state index contributed by atoms with van der Waals surface area (Å²) in [7, 11) is 1.44. The summed E-state index contributed by atoms with van der Waals surface area (Å²) >= 11 is 0. The molecule has 2 heterocycles. The Morgan fingerprint density at radius 2 is 1.69 bits per heavy atom. The van der Waals surface area contributed by atoms with Gasteiger partial charge in [-0.3, -0.25) is 9.69 Å². The minimum absolute atomic E-state index is 0.0116. The van der Waals surface area contributed by atoms with Crippen LogP contribution in [0.5, 0.6) is 5.88 Å².